The van der Waals surface area contributed by atoms with Crippen LogP contribution < -0.4 is 4.74 Å². The van der Waals surface area contributed by atoms with E-state index in [4.69, 9.17) is 16.3 Å². The molecule has 1 N–H and O–H groups in total. The summed E-state index contributed by atoms with van der Waals surface area (Å²) in [7, 11) is 0. The summed E-state index contributed by atoms with van der Waals surface area (Å²) < 4.78 is 6.70. The number of aryl methyl sites for hydroxylation is 1. The normalized spacial score (nSPS) is 12.3. The van der Waals surface area contributed by atoms with Crippen LogP contribution in [0.3, 0.4) is 0 Å². The minimum atomic E-state index is -0.604. The third-order valence-corrected chi connectivity index (χ3v) is 3.52. The van der Waals surface area contributed by atoms with Gasteiger partial charge in [-0.1, -0.05) is 39.7 Å². The van der Waals surface area contributed by atoms with Gasteiger partial charge in [0.1, 0.15) is 11.5 Å². The number of halogens is 2. The highest BCUT2D eigenvalue weighted by atomic mass is 79.9. The van der Waals surface area contributed by atoms with E-state index in [1.165, 1.54) is 0 Å². The molecule has 2 aromatic rings. The highest BCUT2D eigenvalue weighted by Crippen LogP contribution is 2.35. The van der Waals surface area contributed by atoms with Crippen molar-refractivity contribution in [2.24, 2.45) is 0 Å². The van der Waals surface area contributed by atoms with Gasteiger partial charge in [0, 0.05) is 10.0 Å². The van der Waals surface area contributed by atoms with Crippen molar-refractivity contribution in [1.82, 2.24) is 0 Å². The first-order chi connectivity index (χ1) is 8.97. The molecular formula is C15H14BrClO2. The Balaban J connectivity index is 2.39. The van der Waals surface area contributed by atoms with Crippen molar-refractivity contribution in [2.45, 2.75) is 20.0 Å². The van der Waals surface area contributed by atoms with E-state index in [2.05, 4.69) is 15.9 Å². The van der Waals surface area contributed by atoms with Gasteiger partial charge in [0.15, 0.2) is 0 Å². The minimum absolute atomic E-state index is 0.552. The SMILES string of the molecule is Cc1ccc(Oc2cc(Br)ccc2C(C)O)c(Cl)c1. The molecular weight excluding hydrogens is 328 g/mol. The van der Waals surface area contributed by atoms with Gasteiger partial charge < -0.3 is 9.84 Å². The molecule has 0 aliphatic rings. The van der Waals surface area contributed by atoms with Gasteiger partial charge in [-0.15, -0.1) is 0 Å². The van der Waals surface area contributed by atoms with Crippen molar-refractivity contribution >= 4 is 27.5 Å². The Labute approximate surface area is 126 Å². The van der Waals surface area contributed by atoms with Crippen LogP contribution in [0.4, 0.5) is 0 Å². The molecule has 0 aromatic heterocycles. The summed E-state index contributed by atoms with van der Waals surface area (Å²) in [5, 5.41) is 10.3. The molecule has 2 rings (SSSR count). The number of aliphatic hydroxyl groups is 1. The first-order valence-electron chi connectivity index (χ1n) is 5.89. The molecule has 0 heterocycles. The monoisotopic (exact) mass is 340 g/mol. The molecule has 100 valence electrons. The fourth-order valence-corrected chi connectivity index (χ4v) is 2.36. The maximum Gasteiger partial charge on any atom is 0.146 e. The van der Waals surface area contributed by atoms with E-state index in [0.29, 0.717) is 16.5 Å². The average molecular weight is 342 g/mol. The van der Waals surface area contributed by atoms with Gasteiger partial charge in [-0.3, -0.25) is 0 Å². The molecule has 0 saturated carbocycles. The molecule has 0 fully saturated rings. The summed E-state index contributed by atoms with van der Waals surface area (Å²) in [5.74, 6) is 1.17. The standard InChI is InChI=1S/C15H14BrClO2/c1-9-3-6-14(13(17)7-9)19-15-8-11(16)4-5-12(15)10(2)18/h3-8,10,18H,1-2H3. The summed E-state index contributed by atoms with van der Waals surface area (Å²) in [6.07, 6.45) is -0.604. The Morgan fingerprint density at radius 2 is 1.89 bits per heavy atom. The maximum atomic E-state index is 9.76. The third-order valence-electron chi connectivity index (χ3n) is 2.73. The van der Waals surface area contributed by atoms with E-state index in [9.17, 15) is 5.11 Å². The molecule has 0 bridgehead atoms. The van der Waals surface area contributed by atoms with E-state index in [-0.39, 0.29) is 0 Å². The van der Waals surface area contributed by atoms with Gasteiger partial charge in [-0.2, -0.15) is 0 Å². The number of benzene rings is 2. The highest BCUT2D eigenvalue weighted by Gasteiger charge is 2.12. The van der Waals surface area contributed by atoms with E-state index in [1.807, 2.05) is 43.3 Å². The Morgan fingerprint density at radius 3 is 2.53 bits per heavy atom. The number of aliphatic hydroxyl groups excluding tert-OH is 1. The molecule has 2 nitrogen and oxygen atoms in total. The summed E-state index contributed by atoms with van der Waals surface area (Å²) in [5.41, 5.74) is 1.79. The largest absolute Gasteiger partial charge is 0.455 e. The van der Waals surface area contributed by atoms with Crippen LogP contribution in [0, 0.1) is 6.92 Å². The number of hydrogen-bond acceptors (Lipinski definition) is 2. The van der Waals surface area contributed by atoms with E-state index in [0.717, 1.165) is 15.6 Å². The fourth-order valence-electron chi connectivity index (χ4n) is 1.75. The van der Waals surface area contributed by atoms with Crippen molar-refractivity contribution in [1.29, 1.82) is 0 Å². The summed E-state index contributed by atoms with van der Waals surface area (Å²) in [6.45, 7) is 3.67. The van der Waals surface area contributed by atoms with E-state index in [1.54, 1.807) is 6.92 Å². The molecule has 0 aliphatic carbocycles. The molecule has 0 amide bonds. The van der Waals surface area contributed by atoms with E-state index >= 15 is 0 Å². The first-order valence-corrected chi connectivity index (χ1v) is 7.06. The van der Waals surface area contributed by atoms with Gasteiger partial charge in [0.05, 0.1) is 11.1 Å². The van der Waals surface area contributed by atoms with Crippen molar-refractivity contribution in [3.63, 3.8) is 0 Å². The van der Waals surface area contributed by atoms with Crippen molar-refractivity contribution in [3.8, 4) is 11.5 Å². The van der Waals surface area contributed by atoms with Crippen LogP contribution in [0.5, 0.6) is 11.5 Å². The predicted octanol–water partition coefficient (Wildman–Crippen LogP) is 5.26. The lowest BCUT2D eigenvalue weighted by atomic mass is 10.1. The molecule has 4 heteroatoms. The summed E-state index contributed by atoms with van der Waals surface area (Å²) >= 11 is 9.55. The quantitative estimate of drug-likeness (QED) is 0.825. The van der Waals surface area contributed by atoms with Crippen LogP contribution in [0.1, 0.15) is 24.2 Å². The van der Waals surface area contributed by atoms with Gasteiger partial charge in [-0.25, -0.2) is 0 Å². The van der Waals surface area contributed by atoms with Crippen molar-refractivity contribution in [2.75, 3.05) is 0 Å². The molecule has 19 heavy (non-hydrogen) atoms. The van der Waals surface area contributed by atoms with Crippen LogP contribution in [-0.4, -0.2) is 5.11 Å². The van der Waals surface area contributed by atoms with E-state index < -0.39 is 6.10 Å². The number of ether oxygens (including phenoxy) is 1. The topological polar surface area (TPSA) is 29.5 Å². The first kappa shape index (κ1) is 14.4. The fraction of sp³-hybridized carbons (Fsp3) is 0.200. The van der Waals surface area contributed by atoms with Crippen LogP contribution >= 0.6 is 27.5 Å². The highest BCUT2D eigenvalue weighted by molar-refractivity contribution is 9.10. The molecule has 1 atom stereocenters. The van der Waals surface area contributed by atoms with Gasteiger partial charge in [0.25, 0.3) is 0 Å². The Morgan fingerprint density at radius 1 is 1.16 bits per heavy atom. The third kappa shape index (κ3) is 3.50. The lowest BCUT2D eigenvalue weighted by Gasteiger charge is -2.14. The zero-order valence-electron chi connectivity index (χ0n) is 10.7. The van der Waals surface area contributed by atoms with Gasteiger partial charge >= 0.3 is 0 Å². The molecule has 0 saturated heterocycles. The second kappa shape index (κ2) is 5.95. The Kier molecular flexibility index (Phi) is 4.50. The zero-order valence-corrected chi connectivity index (χ0v) is 13.0. The smallest absolute Gasteiger partial charge is 0.146 e. The molecule has 0 radical (unpaired) electrons. The van der Waals surface area contributed by atoms with Gasteiger partial charge in [0.2, 0.25) is 0 Å². The van der Waals surface area contributed by atoms with Crippen LogP contribution in [0.25, 0.3) is 0 Å². The number of hydrogen-bond donors (Lipinski definition) is 1. The second-order valence-corrected chi connectivity index (χ2v) is 5.72. The average Bonchev–Trinajstić information content (AvgIpc) is 2.32. The maximum absolute atomic E-state index is 9.76. The minimum Gasteiger partial charge on any atom is -0.455 e. The Hall–Kier alpha value is -1.03. The summed E-state index contributed by atoms with van der Waals surface area (Å²) in [4.78, 5) is 0. The molecule has 0 aliphatic heterocycles. The molecule has 2 aromatic carbocycles. The lowest BCUT2D eigenvalue weighted by Crippen LogP contribution is -1.96. The predicted molar refractivity (Wildman–Crippen MR) is 81.0 cm³/mol. The molecule has 0 spiro atoms. The van der Waals surface area contributed by atoms with Crippen LogP contribution in [0.2, 0.25) is 5.02 Å². The number of rotatable bonds is 3. The van der Waals surface area contributed by atoms with Crippen molar-refractivity contribution in [3.05, 3.63) is 57.0 Å². The summed E-state index contributed by atoms with van der Waals surface area (Å²) in [6, 6.07) is 11.1. The lowest BCUT2D eigenvalue weighted by molar-refractivity contribution is 0.195. The Bertz CT molecular complexity index is 597. The van der Waals surface area contributed by atoms with Crippen LogP contribution in [-0.2, 0) is 0 Å². The second-order valence-electron chi connectivity index (χ2n) is 4.39. The van der Waals surface area contributed by atoms with Gasteiger partial charge in [-0.05, 0) is 43.7 Å². The van der Waals surface area contributed by atoms with Crippen LogP contribution in [0.15, 0.2) is 40.9 Å². The zero-order chi connectivity index (χ0) is 14.0. The van der Waals surface area contributed by atoms with Crippen molar-refractivity contribution < 1.29 is 9.84 Å². The molecule has 1 unspecified atom stereocenters.